The molecule has 0 unspecified atom stereocenters. The molecule has 33 heavy (non-hydrogen) atoms. The van der Waals surface area contributed by atoms with Crippen molar-refractivity contribution in [1.29, 1.82) is 5.26 Å². The largest absolute Gasteiger partial charge is 0.493 e. The van der Waals surface area contributed by atoms with E-state index in [1.807, 2.05) is 37.3 Å². The number of methoxy groups -OCH3 is 2. The molecule has 3 rings (SSSR count). The molecule has 0 saturated heterocycles. The number of aliphatic imine (C=N–C) groups is 1. The van der Waals surface area contributed by atoms with E-state index in [9.17, 15) is 5.26 Å². The van der Waals surface area contributed by atoms with Gasteiger partial charge in [-0.05, 0) is 44.0 Å². The van der Waals surface area contributed by atoms with Crippen molar-refractivity contribution in [3.05, 3.63) is 59.3 Å². The molecule has 1 heterocycles. The van der Waals surface area contributed by atoms with Gasteiger partial charge in [-0.25, -0.2) is 4.68 Å². The highest BCUT2D eigenvalue weighted by molar-refractivity contribution is 14.0. The van der Waals surface area contributed by atoms with Crippen LogP contribution in [-0.4, -0.2) is 36.5 Å². The van der Waals surface area contributed by atoms with E-state index in [1.165, 1.54) is 0 Å². The van der Waals surface area contributed by atoms with E-state index < -0.39 is 0 Å². The number of halogens is 1. The van der Waals surface area contributed by atoms with E-state index in [1.54, 1.807) is 31.0 Å². The Balaban J connectivity index is 0.00000385. The highest BCUT2D eigenvalue weighted by Crippen LogP contribution is 2.29. The summed E-state index contributed by atoms with van der Waals surface area (Å²) in [6.07, 6.45) is 1.21. The molecule has 0 aliphatic heterocycles. The summed E-state index contributed by atoms with van der Waals surface area (Å²) in [5.74, 6) is 1.84. The Morgan fingerprint density at radius 2 is 1.85 bits per heavy atom. The highest BCUT2D eigenvalue weighted by Gasteiger charge is 2.16. The Kier molecular flexibility index (Phi) is 9.35. The van der Waals surface area contributed by atoms with Crippen LogP contribution in [0.1, 0.15) is 23.2 Å². The minimum absolute atomic E-state index is 0. The van der Waals surface area contributed by atoms with Crippen LogP contribution in [0.15, 0.2) is 47.5 Å². The van der Waals surface area contributed by atoms with Crippen LogP contribution in [0.4, 0.5) is 11.5 Å². The van der Waals surface area contributed by atoms with Crippen LogP contribution < -0.4 is 26.3 Å². The van der Waals surface area contributed by atoms with Gasteiger partial charge in [-0.2, -0.15) is 10.4 Å². The summed E-state index contributed by atoms with van der Waals surface area (Å²) >= 11 is 0. The Morgan fingerprint density at radius 3 is 2.48 bits per heavy atom. The number of aromatic nitrogens is 2. The van der Waals surface area contributed by atoms with Crippen LogP contribution in [-0.2, 0) is 6.42 Å². The number of nitrogens with one attached hydrogen (secondary N) is 1. The van der Waals surface area contributed by atoms with Crippen molar-refractivity contribution in [2.75, 3.05) is 31.8 Å². The quantitative estimate of drug-likeness (QED) is 0.165. The summed E-state index contributed by atoms with van der Waals surface area (Å²) in [6.45, 7) is 2.48. The van der Waals surface area contributed by atoms with Crippen molar-refractivity contribution in [2.24, 2.45) is 10.7 Å². The lowest BCUT2D eigenvalue weighted by Crippen LogP contribution is -2.23. The first-order valence-electron chi connectivity index (χ1n) is 10.1. The molecule has 0 atom stereocenters. The van der Waals surface area contributed by atoms with Gasteiger partial charge in [0.2, 0.25) is 0 Å². The number of hydrogen-bond acceptors (Lipinski definition) is 6. The van der Waals surface area contributed by atoms with E-state index in [2.05, 4.69) is 21.5 Å². The summed E-state index contributed by atoms with van der Waals surface area (Å²) in [4.78, 5) is 4.35. The van der Waals surface area contributed by atoms with Crippen molar-refractivity contribution in [3.63, 3.8) is 0 Å². The number of nitrogens with zero attached hydrogens (tertiary/aromatic N) is 4. The number of benzene rings is 2. The van der Waals surface area contributed by atoms with Crippen molar-refractivity contribution in [2.45, 2.75) is 19.8 Å². The number of aryl methyl sites for hydroxylation is 2. The Bertz CT molecular complexity index is 1150. The molecule has 0 aliphatic carbocycles. The Labute approximate surface area is 210 Å². The van der Waals surface area contributed by atoms with Gasteiger partial charge < -0.3 is 26.3 Å². The van der Waals surface area contributed by atoms with Gasteiger partial charge in [-0.15, -0.1) is 24.0 Å². The second kappa shape index (κ2) is 12.0. The first-order valence-corrected chi connectivity index (χ1v) is 10.1. The minimum Gasteiger partial charge on any atom is -0.493 e. The summed E-state index contributed by atoms with van der Waals surface area (Å²) in [5.41, 5.74) is 15.9. The van der Waals surface area contributed by atoms with Crippen LogP contribution in [0.3, 0.4) is 0 Å². The molecule has 0 bridgehead atoms. The highest BCUT2D eigenvalue weighted by atomic mass is 127. The average Bonchev–Trinajstić information content (AvgIpc) is 3.12. The monoisotopic (exact) mass is 561 g/mol. The molecule has 10 heteroatoms. The molecule has 1 aromatic heterocycles. The molecular weight excluding hydrogens is 533 g/mol. The number of hydrogen-bond donors (Lipinski definition) is 3. The summed E-state index contributed by atoms with van der Waals surface area (Å²) < 4.78 is 12.1. The van der Waals surface area contributed by atoms with Crippen LogP contribution in [0.2, 0.25) is 0 Å². The molecule has 0 saturated carbocycles. The molecule has 174 valence electrons. The van der Waals surface area contributed by atoms with Crippen LogP contribution in [0, 0.1) is 18.3 Å². The van der Waals surface area contributed by atoms with Crippen LogP contribution in [0.25, 0.3) is 5.69 Å². The lowest BCUT2D eigenvalue weighted by Gasteiger charge is -2.10. The fourth-order valence-corrected chi connectivity index (χ4v) is 3.21. The zero-order chi connectivity index (χ0) is 23.1. The van der Waals surface area contributed by atoms with E-state index in [-0.39, 0.29) is 29.9 Å². The SMILES string of the molecule is COc1ccc(NC(N)=NCCCc2nn(-c3ccc(C)cc3)c(N)c2C#N)cc1OC.I. The van der Waals surface area contributed by atoms with Gasteiger partial charge in [0, 0.05) is 18.3 Å². The molecule has 0 amide bonds. The van der Waals surface area contributed by atoms with E-state index >= 15 is 0 Å². The van der Waals surface area contributed by atoms with Gasteiger partial charge in [0.25, 0.3) is 0 Å². The maximum Gasteiger partial charge on any atom is 0.193 e. The molecule has 0 radical (unpaired) electrons. The molecule has 0 aliphatic rings. The smallest absolute Gasteiger partial charge is 0.193 e. The summed E-state index contributed by atoms with van der Waals surface area (Å²) in [6, 6.07) is 15.4. The lowest BCUT2D eigenvalue weighted by atomic mass is 10.1. The Morgan fingerprint density at radius 1 is 1.15 bits per heavy atom. The first kappa shape index (κ1) is 25.8. The zero-order valence-corrected chi connectivity index (χ0v) is 21.2. The van der Waals surface area contributed by atoms with Gasteiger partial charge in [0.05, 0.1) is 25.6 Å². The number of nitrogens with two attached hydrogens (primary N) is 2. The minimum atomic E-state index is 0. The molecule has 0 fully saturated rings. The molecule has 0 spiro atoms. The molecule has 2 aromatic carbocycles. The van der Waals surface area contributed by atoms with Crippen molar-refractivity contribution < 1.29 is 9.47 Å². The second-order valence-electron chi connectivity index (χ2n) is 7.13. The molecule has 3 aromatic rings. The maximum atomic E-state index is 9.53. The number of guanidine groups is 1. The van der Waals surface area contributed by atoms with E-state index in [0.717, 1.165) is 16.9 Å². The van der Waals surface area contributed by atoms with Gasteiger partial charge >= 0.3 is 0 Å². The number of nitriles is 1. The third-order valence-electron chi connectivity index (χ3n) is 4.89. The van der Waals surface area contributed by atoms with Gasteiger partial charge in [0.1, 0.15) is 17.5 Å². The van der Waals surface area contributed by atoms with Crippen molar-refractivity contribution in [1.82, 2.24) is 9.78 Å². The Hall–Kier alpha value is -3.46. The lowest BCUT2D eigenvalue weighted by molar-refractivity contribution is 0.355. The second-order valence-corrected chi connectivity index (χ2v) is 7.13. The number of nitrogen functional groups attached to an aromatic ring is 1. The maximum absolute atomic E-state index is 9.53. The predicted octanol–water partition coefficient (Wildman–Crippen LogP) is 3.63. The van der Waals surface area contributed by atoms with Gasteiger partial charge in [-0.1, -0.05) is 17.7 Å². The van der Waals surface area contributed by atoms with Gasteiger partial charge in [-0.3, -0.25) is 4.99 Å². The van der Waals surface area contributed by atoms with Gasteiger partial charge in [0.15, 0.2) is 17.5 Å². The molecule has 9 nitrogen and oxygen atoms in total. The third kappa shape index (κ3) is 6.29. The predicted molar refractivity (Wildman–Crippen MR) is 141 cm³/mol. The standard InChI is InChI=1S/C23H27N7O2.HI/c1-15-6-9-17(10-7-15)30-22(25)18(14-24)19(29-30)5-4-12-27-23(26)28-16-8-11-20(31-2)21(13-16)32-3;/h6-11,13H,4-5,12,25H2,1-3H3,(H3,26,27,28);1H. The number of rotatable bonds is 8. The van der Waals surface area contributed by atoms with Crippen LogP contribution >= 0.6 is 24.0 Å². The number of ether oxygens (including phenoxy) is 2. The fourth-order valence-electron chi connectivity index (χ4n) is 3.21. The molecular formula is C23H28IN7O2. The fraction of sp³-hybridized carbons (Fsp3) is 0.261. The zero-order valence-electron chi connectivity index (χ0n) is 18.8. The summed E-state index contributed by atoms with van der Waals surface area (Å²) in [5, 5.41) is 17.1. The summed E-state index contributed by atoms with van der Waals surface area (Å²) in [7, 11) is 3.15. The topological polar surface area (TPSA) is 136 Å². The van der Waals surface area contributed by atoms with E-state index in [4.69, 9.17) is 20.9 Å². The average molecular weight is 561 g/mol. The van der Waals surface area contributed by atoms with Crippen molar-refractivity contribution in [3.8, 4) is 23.3 Å². The third-order valence-corrected chi connectivity index (χ3v) is 4.89. The normalized spacial score (nSPS) is 10.8. The van der Waals surface area contributed by atoms with Crippen molar-refractivity contribution >= 4 is 41.4 Å². The first-order chi connectivity index (χ1) is 15.5. The molecule has 5 N–H and O–H groups in total. The number of anilines is 2. The van der Waals surface area contributed by atoms with Crippen LogP contribution in [0.5, 0.6) is 11.5 Å². The van der Waals surface area contributed by atoms with E-state index in [0.29, 0.717) is 48.0 Å².